The van der Waals surface area contributed by atoms with Crippen molar-refractivity contribution in [3.05, 3.63) is 34.6 Å². The van der Waals surface area contributed by atoms with E-state index >= 15 is 0 Å². The number of pyridine rings is 1. The predicted octanol–water partition coefficient (Wildman–Crippen LogP) is 3.69. The second kappa shape index (κ2) is 6.61. The number of anilines is 1. The molecule has 0 aliphatic rings. The summed E-state index contributed by atoms with van der Waals surface area (Å²) in [6.07, 6.45) is 3.69. The quantitative estimate of drug-likeness (QED) is 0.912. The van der Waals surface area contributed by atoms with Crippen LogP contribution in [-0.4, -0.2) is 21.5 Å². The van der Waals surface area contributed by atoms with Gasteiger partial charge in [-0.1, -0.05) is 13.8 Å². The Morgan fingerprint density at radius 1 is 1.26 bits per heavy atom. The molecule has 0 saturated carbocycles. The summed E-state index contributed by atoms with van der Waals surface area (Å²) in [7, 11) is 0. The molecule has 2 aromatic heterocycles. The average Bonchev–Trinajstić information content (AvgIpc) is 2.45. The first kappa shape index (κ1) is 13.9. The highest BCUT2D eigenvalue weighted by Crippen LogP contribution is 2.24. The summed E-state index contributed by atoms with van der Waals surface area (Å²) in [4.78, 5) is 13.4. The van der Waals surface area contributed by atoms with Crippen LogP contribution in [0.3, 0.4) is 0 Å². The van der Waals surface area contributed by atoms with E-state index in [0.29, 0.717) is 5.82 Å². The summed E-state index contributed by atoms with van der Waals surface area (Å²) >= 11 is 3.49. The molecule has 0 fully saturated rings. The predicted molar refractivity (Wildman–Crippen MR) is 81.1 cm³/mol. The van der Waals surface area contributed by atoms with Crippen molar-refractivity contribution in [2.45, 2.75) is 26.7 Å². The Balaban J connectivity index is 2.42. The van der Waals surface area contributed by atoms with Gasteiger partial charge in [-0.25, -0.2) is 9.97 Å². The number of aryl methyl sites for hydroxylation is 1. The van der Waals surface area contributed by atoms with Crippen LogP contribution < -0.4 is 5.32 Å². The second-order valence-electron chi connectivity index (χ2n) is 4.18. The van der Waals surface area contributed by atoms with Gasteiger partial charge in [-0.05, 0) is 40.9 Å². The van der Waals surface area contributed by atoms with Crippen molar-refractivity contribution in [1.29, 1.82) is 0 Å². The third-order valence-electron chi connectivity index (χ3n) is 2.67. The number of aromatic nitrogens is 3. The molecule has 0 radical (unpaired) electrons. The summed E-state index contributed by atoms with van der Waals surface area (Å²) in [5.41, 5.74) is 1.79. The van der Waals surface area contributed by atoms with Crippen LogP contribution in [-0.2, 0) is 6.42 Å². The third kappa shape index (κ3) is 3.50. The van der Waals surface area contributed by atoms with Crippen molar-refractivity contribution in [3.63, 3.8) is 0 Å². The molecule has 100 valence electrons. The summed E-state index contributed by atoms with van der Waals surface area (Å²) in [6.45, 7) is 5.12. The monoisotopic (exact) mass is 320 g/mol. The van der Waals surface area contributed by atoms with E-state index in [4.69, 9.17) is 0 Å². The summed E-state index contributed by atoms with van der Waals surface area (Å²) in [5.74, 6) is 1.52. The van der Waals surface area contributed by atoms with E-state index in [1.54, 1.807) is 6.20 Å². The summed E-state index contributed by atoms with van der Waals surface area (Å²) in [6, 6.07) is 5.83. The minimum absolute atomic E-state index is 0.658. The van der Waals surface area contributed by atoms with Crippen molar-refractivity contribution in [2.24, 2.45) is 0 Å². The highest BCUT2D eigenvalue weighted by molar-refractivity contribution is 9.10. The minimum atomic E-state index is 0.658. The molecule has 0 saturated heterocycles. The van der Waals surface area contributed by atoms with Crippen LogP contribution in [0.15, 0.2) is 28.9 Å². The molecular weight excluding hydrogens is 304 g/mol. The molecule has 0 aliphatic heterocycles. The van der Waals surface area contributed by atoms with Gasteiger partial charge in [-0.15, -0.1) is 0 Å². The van der Waals surface area contributed by atoms with Gasteiger partial charge in [0.1, 0.15) is 11.5 Å². The number of hydrogen-bond donors (Lipinski definition) is 1. The van der Waals surface area contributed by atoms with Crippen LogP contribution in [0.25, 0.3) is 11.5 Å². The largest absolute Gasteiger partial charge is 0.370 e. The first-order chi connectivity index (χ1) is 9.24. The number of halogens is 1. The van der Waals surface area contributed by atoms with Crippen LogP contribution in [0.2, 0.25) is 0 Å². The second-order valence-corrected chi connectivity index (χ2v) is 5.04. The molecule has 0 spiro atoms. The van der Waals surface area contributed by atoms with Crippen molar-refractivity contribution >= 4 is 21.7 Å². The van der Waals surface area contributed by atoms with Crippen molar-refractivity contribution in [1.82, 2.24) is 15.0 Å². The first-order valence-corrected chi connectivity index (χ1v) is 7.26. The fourth-order valence-corrected chi connectivity index (χ4v) is 2.11. The maximum atomic E-state index is 4.55. The van der Waals surface area contributed by atoms with Gasteiger partial charge in [-0.2, -0.15) is 0 Å². The molecule has 4 nitrogen and oxygen atoms in total. The summed E-state index contributed by atoms with van der Waals surface area (Å²) < 4.78 is 0.907. The zero-order chi connectivity index (χ0) is 13.7. The molecule has 0 atom stereocenters. The lowest BCUT2D eigenvalue weighted by atomic mass is 10.2. The van der Waals surface area contributed by atoms with E-state index in [9.17, 15) is 0 Å². The van der Waals surface area contributed by atoms with Gasteiger partial charge >= 0.3 is 0 Å². The first-order valence-electron chi connectivity index (χ1n) is 6.47. The average molecular weight is 321 g/mol. The van der Waals surface area contributed by atoms with Gasteiger partial charge in [0.25, 0.3) is 0 Å². The van der Waals surface area contributed by atoms with Crippen molar-refractivity contribution in [2.75, 3.05) is 11.9 Å². The topological polar surface area (TPSA) is 50.7 Å². The van der Waals surface area contributed by atoms with Crippen molar-refractivity contribution in [3.8, 4) is 11.5 Å². The maximum absolute atomic E-state index is 4.55. The number of rotatable bonds is 5. The van der Waals surface area contributed by atoms with Crippen LogP contribution in [0.4, 0.5) is 5.82 Å². The lowest BCUT2D eigenvalue weighted by molar-refractivity contribution is 0.948. The molecule has 0 aliphatic carbocycles. The van der Waals surface area contributed by atoms with Gasteiger partial charge in [0, 0.05) is 29.0 Å². The number of nitrogens with one attached hydrogen (secondary N) is 1. The zero-order valence-electron chi connectivity index (χ0n) is 11.2. The smallest absolute Gasteiger partial charge is 0.181 e. The van der Waals surface area contributed by atoms with E-state index in [1.807, 2.05) is 18.2 Å². The van der Waals surface area contributed by atoms with E-state index < -0.39 is 0 Å². The lowest BCUT2D eigenvalue weighted by Gasteiger charge is -2.09. The third-order valence-corrected chi connectivity index (χ3v) is 3.31. The minimum Gasteiger partial charge on any atom is -0.370 e. The van der Waals surface area contributed by atoms with E-state index in [2.05, 4.69) is 50.0 Å². The Hall–Kier alpha value is -1.49. The molecule has 1 N–H and O–H groups in total. The van der Waals surface area contributed by atoms with E-state index in [-0.39, 0.29) is 0 Å². The van der Waals surface area contributed by atoms with Gasteiger partial charge in [0.05, 0.1) is 0 Å². The van der Waals surface area contributed by atoms with Gasteiger partial charge in [0.15, 0.2) is 5.82 Å². The standard InChI is InChI=1S/C14H17BrN4/c1-3-7-16-12-9-10(4-2)18-14(19-12)13-11(15)6-5-8-17-13/h5-6,8-9H,3-4,7H2,1-2H3,(H,16,18,19). The van der Waals surface area contributed by atoms with Gasteiger partial charge in [0.2, 0.25) is 0 Å². The Labute approximate surface area is 121 Å². The maximum Gasteiger partial charge on any atom is 0.181 e. The molecule has 2 heterocycles. The fourth-order valence-electron chi connectivity index (χ4n) is 1.68. The summed E-state index contributed by atoms with van der Waals surface area (Å²) in [5, 5.41) is 3.30. The van der Waals surface area contributed by atoms with Gasteiger partial charge in [-0.3, -0.25) is 4.98 Å². The number of hydrogen-bond acceptors (Lipinski definition) is 4. The molecular formula is C14H17BrN4. The molecule has 2 rings (SSSR count). The Morgan fingerprint density at radius 2 is 2.11 bits per heavy atom. The Morgan fingerprint density at radius 3 is 2.79 bits per heavy atom. The molecule has 5 heteroatoms. The zero-order valence-corrected chi connectivity index (χ0v) is 12.7. The van der Waals surface area contributed by atoms with Crippen LogP contribution in [0.5, 0.6) is 0 Å². The normalized spacial score (nSPS) is 10.5. The van der Waals surface area contributed by atoms with E-state index in [0.717, 1.165) is 41.1 Å². The Bertz CT molecular complexity index is 557. The molecule has 0 unspecified atom stereocenters. The lowest BCUT2D eigenvalue weighted by Crippen LogP contribution is -2.06. The SMILES string of the molecule is CCCNc1cc(CC)nc(-c2ncccc2Br)n1. The molecule has 0 aromatic carbocycles. The van der Waals surface area contributed by atoms with Gasteiger partial charge < -0.3 is 5.32 Å². The molecule has 2 aromatic rings. The van der Waals surface area contributed by atoms with Crippen molar-refractivity contribution < 1.29 is 0 Å². The highest BCUT2D eigenvalue weighted by atomic mass is 79.9. The Kier molecular flexibility index (Phi) is 4.85. The van der Waals surface area contributed by atoms with Crippen LogP contribution in [0, 0.1) is 0 Å². The number of nitrogens with zero attached hydrogens (tertiary/aromatic N) is 3. The highest BCUT2D eigenvalue weighted by Gasteiger charge is 2.10. The molecule has 0 bridgehead atoms. The fraction of sp³-hybridized carbons (Fsp3) is 0.357. The van der Waals surface area contributed by atoms with E-state index in [1.165, 1.54) is 0 Å². The van der Waals surface area contributed by atoms with Crippen LogP contribution in [0.1, 0.15) is 26.0 Å². The molecule has 19 heavy (non-hydrogen) atoms. The van der Waals surface area contributed by atoms with Crippen LogP contribution >= 0.6 is 15.9 Å². The molecule has 0 amide bonds.